The molecule has 1 fully saturated rings. The zero-order valence-corrected chi connectivity index (χ0v) is 14.8. The first-order valence-corrected chi connectivity index (χ1v) is 9.60. The molecule has 1 aromatic heterocycles. The van der Waals surface area contributed by atoms with Gasteiger partial charge in [-0.3, -0.25) is 4.79 Å². The van der Waals surface area contributed by atoms with Crippen LogP contribution < -0.4 is 0 Å². The number of fused-ring (bicyclic) bond motifs is 1. The second kappa shape index (κ2) is 7.39. The van der Waals surface area contributed by atoms with Crippen molar-refractivity contribution in [3.05, 3.63) is 24.3 Å². The molecular weight excluding hydrogens is 306 g/mol. The molecule has 2 aromatic rings. The topological polar surface area (TPSA) is 38.1 Å². The molecule has 1 atom stereocenters. The van der Waals surface area contributed by atoms with Gasteiger partial charge in [-0.25, -0.2) is 4.98 Å². The number of para-hydroxylation sites is 2. The largest absolute Gasteiger partial charge is 0.339 e. The highest BCUT2D eigenvalue weighted by Gasteiger charge is 2.25. The summed E-state index contributed by atoms with van der Waals surface area (Å²) in [6.07, 6.45) is 4.60. The molecule has 0 spiro atoms. The summed E-state index contributed by atoms with van der Waals surface area (Å²) in [7, 11) is 0. The van der Waals surface area contributed by atoms with E-state index in [2.05, 4.69) is 29.4 Å². The number of hydrogen-bond donors (Lipinski definition) is 0. The Morgan fingerprint density at radius 3 is 2.91 bits per heavy atom. The van der Waals surface area contributed by atoms with Crippen LogP contribution in [-0.2, 0) is 11.3 Å². The number of carbonyl (C=O) groups is 1. The summed E-state index contributed by atoms with van der Waals surface area (Å²) in [4.78, 5) is 19.4. The van der Waals surface area contributed by atoms with Gasteiger partial charge in [0.05, 0.1) is 16.8 Å². The molecule has 0 N–H and O–H groups in total. The van der Waals surface area contributed by atoms with Crippen LogP contribution in [0.25, 0.3) is 11.0 Å². The highest BCUT2D eigenvalue weighted by molar-refractivity contribution is 7.99. The molecule has 5 heteroatoms. The minimum Gasteiger partial charge on any atom is -0.339 e. The smallest absolute Gasteiger partial charge is 0.233 e. The molecule has 2 heterocycles. The van der Waals surface area contributed by atoms with Crippen molar-refractivity contribution >= 4 is 28.7 Å². The molecule has 1 amide bonds. The van der Waals surface area contributed by atoms with E-state index in [0.29, 0.717) is 11.8 Å². The van der Waals surface area contributed by atoms with Crippen molar-refractivity contribution in [1.82, 2.24) is 14.5 Å². The van der Waals surface area contributed by atoms with E-state index in [1.54, 1.807) is 11.8 Å². The summed E-state index contributed by atoms with van der Waals surface area (Å²) >= 11 is 1.57. The average molecular weight is 331 g/mol. The maximum absolute atomic E-state index is 12.6. The van der Waals surface area contributed by atoms with E-state index in [0.717, 1.165) is 48.5 Å². The maximum Gasteiger partial charge on any atom is 0.233 e. The Bertz CT molecular complexity index is 682. The molecule has 1 unspecified atom stereocenters. The number of amides is 1. The van der Waals surface area contributed by atoms with Crippen molar-refractivity contribution in [3.8, 4) is 0 Å². The number of carbonyl (C=O) groups excluding carboxylic acids is 1. The summed E-state index contributed by atoms with van der Waals surface area (Å²) in [5.74, 6) is 0.746. The van der Waals surface area contributed by atoms with Crippen LogP contribution >= 0.6 is 11.8 Å². The molecule has 4 nitrogen and oxygen atoms in total. The van der Waals surface area contributed by atoms with Crippen molar-refractivity contribution in [3.63, 3.8) is 0 Å². The summed E-state index contributed by atoms with van der Waals surface area (Å²) in [6, 6.07) is 8.60. The average Bonchev–Trinajstić information content (AvgIpc) is 2.97. The first kappa shape index (κ1) is 16.4. The van der Waals surface area contributed by atoms with Gasteiger partial charge in [-0.15, -0.1) is 0 Å². The van der Waals surface area contributed by atoms with Gasteiger partial charge in [0.1, 0.15) is 0 Å². The Morgan fingerprint density at radius 1 is 1.30 bits per heavy atom. The van der Waals surface area contributed by atoms with Crippen molar-refractivity contribution in [1.29, 1.82) is 0 Å². The van der Waals surface area contributed by atoms with E-state index in [4.69, 9.17) is 4.98 Å². The van der Waals surface area contributed by atoms with E-state index in [1.165, 1.54) is 6.42 Å². The Hall–Kier alpha value is -1.49. The molecule has 0 radical (unpaired) electrons. The number of imidazole rings is 1. The molecular formula is C18H25N3OS. The van der Waals surface area contributed by atoms with Crippen molar-refractivity contribution in [2.75, 3.05) is 12.3 Å². The van der Waals surface area contributed by atoms with Gasteiger partial charge in [-0.2, -0.15) is 0 Å². The molecule has 23 heavy (non-hydrogen) atoms. The Labute approximate surface area is 142 Å². The van der Waals surface area contributed by atoms with Crippen LogP contribution in [0.1, 0.15) is 39.5 Å². The first-order valence-electron chi connectivity index (χ1n) is 8.62. The number of aryl methyl sites for hydroxylation is 1. The van der Waals surface area contributed by atoms with Crippen LogP contribution in [0.5, 0.6) is 0 Å². The van der Waals surface area contributed by atoms with Crippen molar-refractivity contribution in [2.24, 2.45) is 0 Å². The number of likely N-dealkylation sites (tertiary alicyclic amines) is 1. The van der Waals surface area contributed by atoms with Gasteiger partial charge < -0.3 is 9.47 Å². The van der Waals surface area contributed by atoms with Gasteiger partial charge in [0.15, 0.2) is 5.16 Å². The van der Waals surface area contributed by atoms with E-state index in [9.17, 15) is 4.79 Å². The van der Waals surface area contributed by atoms with E-state index in [-0.39, 0.29) is 5.91 Å². The SMILES string of the molecule is CCC1CCCCN1C(=O)CSc1nc2ccccc2n1CC. The normalized spacial score (nSPS) is 18.5. The van der Waals surface area contributed by atoms with Crippen LogP contribution in [0.3, 0.4) is 0 Å². The number of aromatic nitrogens is 2. The predicted octanol–water partition coefficient (Wildman–Crippen LogP) is 3.94. The van der Waals surface area contributed by atoms with Crippen LogP contribution in [0.15, 0.2) is 29.4 Å². The lowest BCUT2D eigenvalue weighted by molar-refractivity contribution is -0.132. The lowest BCUT2D eigenvalue weighted by Gasteiger charge is -2.35. The number of benzene rings is 1. The van der Waals surface area contributed by atoms with Gasteiger partial charge in [0, 0.05) is 19.1 Å². The summed E-state index contributed by atoms with van der Waals surface area (Å²) in [5, 5.41) is 0.951. The molecule has 1 aliphatic rings. The minimum absolute atomic E-state index is 0.260. The lowest BCUT2D eigenvalue weighted by atomic mass is 10.0. The number of thioether (sulfide) groups is 1. The zero-order valence-electron chi connectivity index (χ0n) is 14.0. The molecule has 1 aromatic carbocycles. The fourth-order valence-corrected chi connectivity index (χ4v) is 4.40. The number of nitrogens with zero attached hydrogens (tertiary/aromatic N) is 3. The van der Waals surface area contributed by atoms with Gasteiger partial charge >= 0.3 is 0 Å². The van der Waals surface area contributed by atoms with Gasteiger partial charge in [0.2, 0.25) is 5.91 Å². The third-order valence-electron chi connectivity index (χ3n) is 4.68. The van der Waals surface area contributed by atoms with E-state index < -0.39 is 0 Å². The van der Waals surface area contributed by atoms with Crippen LogP contribution in [0, 0.1) is 0 Å². The van der Waals surface area contributed by atoms with Crippen LogP contribution in [-0.4, -0.2) is 38.7 Å². The third-order valence-corrected chi connectivity index (χ3v) is 5.64. The lowest BCUT2D eigenvalue weighted by Crippen LogP contribution is -2.44. The number of piperidine rings is 1. The number of hydrogen-bond acceptors (Lipinski definition) is 3. The fourth-order valence-electron chi connectivity index (χ4n) is 3.43. The molecule has 124 valence electrons. The molecule has 0 saturated carbocycles. The quantitative estimate of drug-likeness (QED) is 0.779. The monoisotopic (exact) mass is 331 g/mol. The van der Waals surface area contributed by atoms with Gasteiger partial charge in [-0.1, -0.05) is 30.8 Å². The summed E-state index contributed by atoms with van der Waals surface area (Å²) in [5.41, 5.74) is 2.16. The predicted molar refractivity (Wildman–Crippen MR) is 95.8 cm³/mol. The van der Waals surface area contributed by atoms with E-state index >= 15 is 0 Å². The highest BCUT2D eigenvalue weighted by atomic mass is 32.2. The standard InChI is InChI=1S/C18H25N3OS/c1-3-14-9-7-8-12-21(14)17(22)13-23-18-19-15-10-5-6-11-16(15)20(18)4-2/h5-6,10-11,14H,3-4,7-9,12-13H2,1-2H3. The van der Waals surface area contributed by atoms with E-state index in [1.807, 2.05) is 18.2 Å². The molecule has 1 aliphatic heterocycles. The van der Waals surface area contributed by atoms with Crippen molar-refractivity contribution < 1.29 is 4.79 Å². The zero-order chi connectivity index (χ0) is 16.2. The maximum atomic E-state index is 12.6. The van der Waals surface area contributed by atoms with Crippen LogP contribution in [0.2, 0.25) is 0 Å². The Balaban J connectivity index is 1.71. The van der Waals surface area contributed by atoms with Gasteiger partial charge in [-0.05, 0) is 44.7 Å². The summed E-state index contributed by atoms with van der Waals surface area (Å²) in [6.45, 7) is 6.10. The number of rotatable bonds is 5. The first-order chi connectivity index (χ1) is 11.2. The Kier molecular flexibility index (Phi) is 5.26. The molecule has 3 rings (SSSR count). The highest BCUT2D eigenvalue weighted by Crippen LogP contribution is 2.26. The second-order valence-corrected chi connectivity index (χ2v) is 7.00. The molecule has 1 saturated heterocycles. The fraction of sp³-hybridized carbons (Fsp3) is 0.556. The van der Waals surface area contributed by atoms with Crippen molar-refractivity contribution in [2.45, 2.75) is 57.3 Å². The minimum atomic E-state index is 0.260. The second-order valence-electron chi connectivity index (χ2n) is 6.06. The Morgan fingerprint density at radius 2 is 2.13 bits per heavy atom. The third kappa shape index (κ3) is 3.39. The molecule has 0 aliphatic carbocycles. The van der Waals surface area contributed by atoms with Crippen LogP contribution in [0.4, 0.5) is 0 Å². The molecule has 0 bridgehead atoms. The summed E-state index contributed by atoms with van der Waals surface area (Å²) < 4.78 is 2.20. The van der Waals surface area contributed by atoms with Gasteiger partial charge in [0.25, 0.3) is 0 Å².